The molecule has 56 heavy (non-hydrogen) atoms. The second-order valence-electron chi connectivity index (χ2n) is 14.6. The van der Waals surface area contributed by atoms with Crippen LogP contribution in [0.15, 0.2) is 200 Å². The predicted molar refractivity (Wildman–Crippen MR) is 240 cm³/mol. The molecule has 0 saturated heterocycles. The maximum absolute atomic E-state index is 2.42. The first-order valence-electron chi connectivity index (χ1n) is 19.1. The van der Waals surface area contributed by atoms with E-state index in [2.05, 4.69) is 214 Å². The molecule has 4 heteroatoms. The summed E-state index contributed by atoms with van der Waals surface area (Å²) in [5.41, 5.74) is 10.5. The van der Waals surface area contributed by atoms with Gasteiger partial charge in [0, 0.05) is 70.2 Å². The van der Waals surface area contributed by atoms with Crippen molar-refractivity contribution in [3.63, 3.8) is 0 Å². The van der Waals surface area contributed by atoms with Crippen LogP contribution in [0.4, 0.5) is 17.1 Å². The molecule has 0 bridgehead atoms. The van der Waals surface area contributed by atoms with E-state index < -0.39 is 0 Å². The Kier molecular flexibility index (Phi) is 6.80. The molecule has 12 aromatic rings. The zero-order valence-electron chi connectivity index (χ0n) is 30.3. The van der Waals surface area contributed by atoms with Gasteiger partial charge in [0.2, 0.25) is 0 Å². The lowest BCUT2D eigenvalue weighted by molar-refractivity contribution is 1.17. The Bertz CT molecular complexity index is 3480. The number of fused-ring (bicyclic) bond motifs is 10. The number of para-hydroxylation sites is 3. The molecule has 0 aliphatic rings. The molecule has 0 unspecified atom stereocenters. The standard InChI is InChI=1S/C52H33N3S/c1-2-14-36(15-3-1)54-47-19-9-7-17-42(47)46-32-39(27-29-49(46)54)53(40-26-28-44-43-18-8-11-21-51(43)56-52(44)33-40)37-22-24-38(25-23-37)55-48-20-10-6-16-41(48)45-30-34-12-4-5-13-35(34)31-50(45)55/h1-33H. The third-order valence-corrected chi connectivity index (χ3v) is 12.6. The molecule has 0 saturated carbocycles. The number of thiophene rings is 1. The summed E-state index contributed by atoms with van der Waals surface area (Å²) in [6.45, 7) is 0. The molecule has 0 amide bonds. The number of benzene rings is 9. The highest BCUT2D eigenvalue weighted by Crippen LogP contribution is 2.43. The van der Waals surface area contributed by atoms with Crippen molar-refractivity contribution >= 4 is 103 Å². The first-order valence-corrected chi connectivity index (χ1v) is 19.9. The summed E-state index contributed by atoms with van der Waals surface area (Å²) < 4.78 is 7.39. The van der Waals surface area contributed by atoms with Crippen LogP contribution in [0, 0.1) is 0 Å². The summed E-state index contributed by atoms with van der Waals surface area (Å²) in [5.74, 6) is 0. The highest BCUT2D eigenvalue weighted by Gasteiger charge is 2.20. The van der Waals surface area contributed by atoms with Crippen molar-refractivity contribution in [3.8, 4) is 11.4 Å². The molecule has 3 aromatic heterocycles. The zero-order chi connectivity index (χ0) is 36.7. The molecule has 12 rings (SSSR count). The Morgan fingerprint density at radius 2 is 0.821 bits per heavy atom. The SMILES string of the molecule is c1ccc(-n2c3ccccc3c3cc(N(c4ccc(-n5c6ccccc6c6cc7ccccc7cc65)cc4)c4ccc5c(c4)sc4ccccc45)ccc32)cc1. The van der Waals surface area contributed by atoms with E-state index in [9.17, 15) is 0 Å². The Labute approximate surface area is 327 Å². The molecule has 0 fully saturated rings. The highest BCUT2D eigenvalue weighted by molar-refractivity contribution is 7.25. The second-order valence-corrected chi connectivity index (χ2v) is 15.7. The molecule has 0 spiro atoms. The lowest BCUT2D eigenvalue weighted by atomic mass is 10.1. The number of hydrogen-bond donors (Lipinski definition) is 0. The minimum Gasteiger partial charge on any atom is -0.310 e. The molecule has 0 radical (unpaired) electrons. The average Bonchev–Trinajstić information content (AvgIpc) is 3.90. The van der Waals surface area contributed by atoms with Crippen molar-refractivity contribution in [1.29, 1.82) is 0 Å². The van der Waals surface area contributed by atoms with Crippen molar-refractivity contribution in [2.24, 2.45) is 0 Å². The van der Waals surface area contributed by atoms with Crippen LogP contribution in [0.1, 0.15) is 0 Å². The van der Waals surface area contributed by atoms with Gasteiger partial charge in [-0.1, -0.05) is 103 Å². The van der Waals surface area contributed by atoms with Crippen LogP contribution < -0.4 is 4.90 Å². The number of hydrogen-bond acceptors (Lipinski definition) is 2. The summed E-state index contributed by atoms with van der Waals surface area (Å²) in [7, 11) is 0. The van der Waals surface area contributed by atoms with E-state index in [1.54, 1.807) is 0 Å². The first-order chi connectivity index (χ1) is 27.8. The fourth-order valence-corrected chi connectivity index (χ4v) is 10.1. The van der Waals surface area contributed by atoms with Gasteiger partial charge in [-0.05, 0) is 108 Å². The summed E-state index contributed by atoms with van der Waals surface area (Å²) in [6.07, 6.45) is 0. The Morgan fingerprint density at radius 3 is 1.59 bits per heavy atom. The molecule has 0 aliphatic heterocycles. The third kappa shape index (κ3) is 4.70. The van der Waals surface area contributed by atoms with E-state index in [-0.39, 0.29) is 0 Å². The fourth-order valence-electron chi connectivity index (χ4n) is 8.94. The van der Waals surface area contributed by atoms with E-state index in [1.807, 2.05) is 11.3 Å². The van der Waals surface area contributed by atoms with Gasteiger partial charge in [-0.25, -0.2) is 0 Å². The normalized spacial score (nSPS) is 11.9. The molecular weight excluding hydrogens is 699 g/mol. The lowest BCUT2D eigenvalue weighted by Crippen LogP contribution is -2.10. The number of aromatic nitrogens is 2. The van der Waals surface area contributed by atoms with Gasteiger partial charge in [0.25, 0.3) is 0 Å². The lowest BCUT2D eigenvalue weighted by Gasteiger charge is -2.26. The average molecular weight is 732 g/mol. The third-order valence-electron chi connectivity index (χ3n) is 11.5. The minimum atomic E-state index is 1.10. The molecule has 0 atom stereocenters. The quantitative estimate of drug-likeness (QED) is 0.172. The van der Waals surface area contributed by atoms with Gasteiger partial charge in [-0.2, -0.15) is 0 Å². The number of rotatable bonds is 5. The molecule has 3 nitrogen and oxygen atoms in total. The monoisotopic (exact) mass is 731 g/mol. The molecule has 0 N–H and O–H groups in total. The number of nitrogens with zero attached hydrogens (tertiary/aromatic N) is 3. The van der Waals surface area contributed by atoms with Crippen LogP contribution in [0.25, 0.3) is 85.9 Å². The van der Waals surface area contributed by atoms with Gasteiger partial charge >= 0.3 is 0 Å². The topological polar surface area (TPSA) is 13.1 Å². The predicted octanol–water partition coefficient (Wildman–Crippen LogP) is 14.9. The van der Waals surface area contributed by atoms with Gasteiger partial charge < -0.3 is 14.0 Å². The van der Waals surface area contributed by atoms with E-state index in [1.165, 1.54) is 74.6 Å². The van der Waals surface area contributed by atoms with Gasteiger partial charge in [0.05, 0.1) is 22.1 Å². The van der Waals surface area contributed by atoms with Crippen molar-refractivity contribution in [2.75, 3.05) is 4.90 Å². The minimum absolute atomic E-state index is 1.10. The van der Waals surface area contributed by atoms with Crippen LogP contribution in [0.2, 0.25) is 0 Å². The smallest absolute Gasteiger partial charge is 0.0547 e. The van der Waals surface area contributed by atoms with Gasteiger partial charge in [0.1, 0.15) is 0 Å². The maximum Gasteiger partial charge on any atom is 0.0547 e. The molecular formula is C52H33N3S. The number of anilines is 3. The molecule has 9 aromatic carbocycles. The first kappa shape index (κ1) is 31.2. The van der Waals surface area contributed by atoms with Crippen molar-refractivity contribution in [1.82, 2.24) is 9.13 Å². The van der Waals surface area contributed by atoms with Crippen molar-refractivity contribution in [3.05, 3.63) is 200 Å². The van der Waals surface area contributed by atoms with E-state index in [0.717, 1.165) is 28.4 Å². The molecule has 262 valence electrons. The van der Waals surface area contributed by atoms with E-state index >= 15 is 0 Å². The zero-order valence-corrected chi connectivity index (χ0v) is 31.1. The van der Waals surface area contributed by atoms with Crippen molar-refractivity contribution in [2.45, 2.75) is 0 Å². The molecule has 3 heterocycles. The summed E-state index contributed by atoms with van der Waals surface area (Å²) in [5, 5.41) is 10.1. The van der Waals surface area contributed by atoms with Crippen LogP contribution in [-0.2, 0) is 0 Å². The Morgan fingerprint density at radius 1 is 0.304 bits per heavy atom. The van der Waals surface area contributed by atoms with Gasteiger partial charge in [-0.3, -0.25) is 0 Å². The summed E-state index contributed by atoms with van der Waals surface area (Å²) >= 11 is 1.86. The Balaban J connectivity index is 1.06. The fraction of sp³-hybridized carbons (Fsp3) is 0. The van der Waals surface area contributed by atoms with Crippen LogP contribution >= 0.6 is 11.3 Å². The van der Waals surface area contributed by atoms with E-state index in [4.69, 9.17) is 0 Å². The van der Waals surface area contributed by atoms with Crippen LogP contribution in [-0.4, -0.2) is 9.13 Å². The Hall–Kier alpha value is -7.14. The maximum atomic E-state index is 2.42. The van der Waals surface area contributed by atoms with Crippen LogP contribution in [0.5, 0.6) is 0 Å². The van der Waals surface area contributed by atoms with Crippen LogP contribution in [0.3, 0.4) is 0 Å². The molecule has 0 aliphatic carbocycles. The van der Waals surface area contributed by atoms with Gasteiger partial charge in [-0.15, -0.1) is 11.3 Å². The largest absolute Gasteiger partial charge is 0.310 e. The second kappa shape index (κ2) is 12.2. The van der Waals surface area contributed by atoms with E-state index in [0.29, 0.717) is 0 Å². The van der Waals surface area contributed by atoms with Crippen molar-refractivity contribution < 1.29 is 0 Å². The van der Waals surface area contributed by atoms with Gasteiger partial charge in [0.15, 0.2) is 0 Å². The summed E-state index contributed by atoms with van der Waals surface area (Å²) in [6, 6.07) is 73.3. The summed E-state index contributed by atoms with van der Waals surface area (Å²) in [4.78, 5) is 2.42. The highest BCUT2D eigenvalue weighted by atomic mass is 32.1.